The predicted molar refractivity (Wildman–Crippen MR) is 87.3 cm³/mol. The molecule has 0 aliphatic rings. The summed E-state index contributed by atoms with van der Waals surface area (Å²) in [6.07, 6.45) is 1.33. The van der Waals surface area contributed by atoms with Crippen LogP contribution in [0.25, 0.3) is 0 Å². The van der Waals surface area contributed by atoms with Crippen LogP contribution in [0.4, 0.5) is 5.69 Å². The maximum atomic E-state index is 12.1. The number of anilines is 1. The molecule has 1 aromatic heterocycles. The van der Waals surface area contributed by atoms with Crippen LogP contribution >= 0.6 is 0 Å². The lowest BCUT2D eigenvalue weighted by Gasteiger charge is -2.01. The number of amides is 1. The second-order valence-corrected chi connectivity index (χ2v) is 5.13. The van der Waals surface area contributed by atoms with Crippen molar-refractivity contribution in [1.29, 1.82) is 5.26 Å². The van der Waals surface area contributed by atoms with Gasteiger partial charge in [-0.2, -0.15) is 5.26 Å². The van der Waals surface area contributed by atoms with Crippen molar-refractivity contribution in [3.63, 3.8) is 0 Å². The van der Waals surface area contributed by atoms with E-state index in [0.717, 1.165) is 6.42 Å². The van der Waals surface area contributed by atoms with Crippen LogP contribution in [0.1, 0.15) is 27.7 Å². The van der Waals surface area contributed by atoms with Crippen LogP contribution < -0.4 is 5.32 Å². The molecule has 0 spiro atoms. The van der Waals surface area contributed by atoms with Crippen molar-refractivity contribution in [3.05, 3.63) is 77.5 Å². The molecule has 0 aliphatic heterocycles. The standard InChI is InChI=1S/C18H14N4O2/c19-12-14-6-9-15(10-7-14)20-17(23)18-22-21-16(24-18)11-8-13-4-2-1-3-5-13/h1-7,9-10H,8,11H2,(H,20,23). The second kappa shape index (κ2) is 7.20. The summed E-state index contributed by atoms with van der Waals surface area (Å²) in [5, 5.41) is 19.1. The van der Waals surface area contributed by atoms with E-state index in [1.54, 1.807) is 24.3 Å². The molecule has 1 heterocycles. The zero-order valence-corrected chi connectivity index (χ0v) is 12.8. The van der Waals surface area contributed by atoms with Gasteiger partial charge in [-0.25, -0.2) is 0 Å². The molecule has 118 valence electrons. The monoisotopic (exact) mass is 318 g/mol. The first-order valence-electron chi connectivity index (χ1n) is 7.42. The Balaban J connectivity index is 1.59. The van der Waals surface area contributed by atoms with Gasteiger partial charge in [0.25, 0.3) is 0 Å². The lowest BCUT2D eigenvalue weighted by Crippen LogP contribution is -2.12. The first-order valence-corrected chi connectivity index (χ1v) is 7.42. The van der Waals surface area contributed by atoms with Gasteiger partial charge in [-0.1, -0.05) is 30.3 Å². The molecule has 0 atom stereocenters. The van der Waals surface area contributed by atoms with Crippen molar-refractivity contribution in [3.8, 4) is 6.07 Å². The molecule has 0 saturated carbocycles. The first-order chi connectivity index (χ1) is 11.7. The maximum Gasteiger partial charge on any atom is 0.313 e. The molecule has 24 heavy (non-hydrogen) atoms. The topological polar surface area (TPSA) is 91.8 Å². The van der Waals surface area contributed by atoms with Gasteiger partial charge in [0.05, 0.1) is 11.6 Å². The Kier molecular flexibility index (Phi) is 4.63. The highest BCUT2D eigenvalue weighted by Crippen LogP contribution is 2.11. The van der Waals surface area contributed by atoms with Crippen LogP contribution in [0.15, 0.2) is 59.0 Å². The third-order valence-electron chi connectivity index (χ3n) is 3.40. The van der Waals surface area contributed by atoms with E-state index < -0.39 is 5.91 Å². The number of hydrogen-bond donors (Lipinski definition) is 1. The number of aromatic nitrogens is 2. The van der Waals surface area contributed by atoms with E-state index in [1.807, 2.05) is 36.4 Å². The van der Waals surface area contributed by atoms with Crippen molar-refractivity contribution in [1.82, 2.24) is 10.2 Å². The average Bonchev–Trinajstić information content (AvgIpc) is 3.11. The van der Waals surface area contributed by atoms with Gasteiger partial charge >= 0.3 is 11.8 Å². The van der Waals surface area contributed by atoms with Crippen LogP contribution in [0, 0.1) is 11.3 Å². The van der Waals surface area contributed by atoms with Gasteiger partial charge in [0.15, 0.2) is 0 Å². The molecule has 0 unspecified atom stereocenters. The molecule has 0 bridgehead atoms. The van der Waals surface area contributed by atoms with Crippen molar-refractivity contribution in [2.45, 2.75) is 12.8 Å². The number of rotatable bonds is 5. The van der Waals surface area contributed by atoms with Crippen LogP contribution in [-0.2, 0) is 12.8 Å². The van der Waals surface area contributed by atoms with Crippen LogP contribution in [0.3, 0.4) is 0 Å². The molecule has 1 amide bonds. The Hall–Kier alpha value is -3.46. The number of nitrogens with one attached hydrogen (secondary N) is 1. The zero-order chi connectivity index (χ0) is 16.8. The van der Waals surface area contributed by atoms with Crippen LogP contribution in [0.2, 0.25) is 0 Å². The molecule has 3 rings (SSSR count). The highest BCUT2D eigenvalue weighted by Gasteiger charge is 2.15. The largest absolute Gasteiger partial charge is 0.417 e. The summed E-state index contributed by atoms with van der Waals surface area (Å²) in [7, 11) is 0. The molecule has 3 aromatic rings. The molecular weight excluding hydrogens is 304 g/mol. The van der Waals surface area contributed by atoms with Crippen molar-refractivity contribution >= 4 is 11.6 Å². The van der Waals surface area contributed by atoms with Crippen LogP contribution in [-0.4, -0.2) is 16.1 Å². The highest BCUT2D eigenvalue weighted by atomic mass is 16.4. The van der Waals surface area contributed by atoms with Gasteiger partial charge in [0.2, 0.25) is 5.89 Å². The minimum atomic E-state index is -0.474. The van der Waals surface area contributed by atoms with E-state index in [1.165, 1.54) is 5.56 Å². The summed E-state index contributed by atoms with van der Waals surface area (Å²) in [6, 6.07) is 18.5. The number of benzene rings is 2. The fourth-order valence-corrected chi connectivity index (χ4v) is 2.15. The summed E-state index contributed by atoms with van der Waals surface area (Å²) in [4.78, 5) is 12.1. The third-order valence-corrected chi connectivity index (χ3v) is 3.40. The molecule has 0 saturated heterocycles. The molecule has 0 fully saturated rings. The molecule has 6 heteroatoms. The fourth-order valence-electron chi connectivity index (χ4n) is 2.15. The van der Waals surface area contributed by atoms with Gasteiger partial charge in [-0.3, -0.25) is 4.79 Å². The minimum Gasteiger partial charge on any atom is -0.417 e. The summed E-state index contributed by atoms with van der Waals surface area (Å²) in [6.45, 7) is 0. The summed E-state index contributed by atoms with van der Waals surface area (Å²) in [5.74, 6) is -0.135. The van der Waals surface area contributed by atoms with Gasteiger partial charge in [0, 0.05) is 12.1 Å². The minimum absolute atomic E-state index is 0.0811. The van der Waals surface area contributed by atoms with Gasteiger partial charge in [0.1, 0.15) is 0 Å². The van der Waals surface area contributed by atoms with Crippen LogP contribution in [0.5, 0.6) is 0 Å². The molecule has 0 aliphatic carbocycles. The van der Waals surface area contributed by atoms with Gasteiger partial charge in [-0.05, 0) is 36.2 Å². The average molecular weight is 318 g/mol. The predicted octanol–water partition coefficient (Wildman–Crippen LogP) is 2.98. The van der Waals surface area contributed by atoms with E-state index in [-0.39, 0.29) is 5.89 Å². The fraction of sp³-hybridized carbons (Fsp3) is 0.111. The van der Waals surface area contributed by atoms with Gasteiger partial charge < -0.3 is 9.73 Å². The lowest BCUT2D eigenvalue weighted by atomic mass is 10.1. The summed E-state index contributed by atoms with van der Waals surface area (Å²) < 4.78 is 5.40. The number of aryl methyl sites for hydroxylation is 2. The Bertz CT molecular complexity index is 864. The Morgan fingerprint density at radius 3 is 2.50 bits per heavy atom. The number of hydrogen-bond acceptors (Lipinski definition) is 5. The first kappa shape index (κ1) is 15.4. The van der Waals surface area contributed by atoms with Crippen molar-refractivity contribution < 1.29 is 9.21 Å². The molecule has 1 N–H and O–H groups in total. The normalized spacial score (nSPS) is 10.1. The third kappa shape index (κ3) is 3.84. The van der Waals surface area contributed by atoms with Crippen molar-refractivity contribution in [2.24, 2.45) is 0 Å². The van der Waals surface area contributed by atoms with E-state index in [0.29, 0.717) is 23.6 Å². The van der Waals surface area contributed by atoms with E-state index in [4.69, 9.17) is 9.68 Å². The number of nitrogens with zero attached hydrogens (tertiary/aromatic N) is 3. The van der Waals surface area contributed by atoms with Crippen molar-refractivity contribution in [2.75, 3.05) is 5.32 Å². The quantitative estimate of drug-likeness (QED) is 0.780. The lowest BCUT2D eigenvalue weighted by molar-refractivity contribution is 0.0988. The molecule has 0 radical (unpaired) electrons. The smallest absolute Gasteiger partial charge is 0.313 e. The highest BCUT2D eigenvalue weighted by molar-refractivity contribution is 6.00. The second-order valence-electron chi connectivity index (χ2n) is 5.13. The number of carbonyl (C=O) groups excluding carboxylic acids is 1. The molecule has 2 aromatic carbocycles. The Morgan fingerprint density at radius 2 is 1.79 bits per heavy atom. The number of carbonyl (C=O) groups is 1. The maximum absolute atomic E-state index is 12.1. The van der Waals surface area contributed by atoms with E-state index in [2.05, 4.69) is 15.5 Å². The Labute approximate surface area is 138 Å². The molecule has 6 nitrogen and oxygen atoms in total. The number of nitriles is 1. The molecular formula is C18H14N4O2. The van der Waals surface area contributed by atoms with E-state index >= 15 is 0 Å². The SMILES string of the molecule is N#Cc1ccc(NC(=O)c2nnc(CCc3ccccc3)o2)cc1. The zero-order valence-electron chi connectivity index (χ0n) is 12.8. The summed E-state index contributed by atoms with van der Waals surface area (Å²) in [5.41, 5.74) is 2.25. The van der Waals surface area contributed by atoms with E-state index in [9.17, 15) is 4.79 Å². The van der Waals surface area contributed by atoms with Gasteiger partial charge in [-0.15, -0.1) is 10.2 Å². The Morgan fingerprint density at radius 1 is 1.04 bits per heavy atom. The summed E-state index contributed by atoms with van der Waals surface area (Å²) >= 11 is 0.